The molecule has 0 saturated heterocycles. The van der Waals surface area contributed by atoms with Crippen LogP contribution in [0.1, 0.15) is 190 Å². The average molecular weight is 1160 g/mol. The Labute approximate surface area is 490 Å². The molecule has 0 aliphatic heterocycles. The molecule has 460 valence electrons. The second kappa shape index (κ2) is 33.7. The first kappa shape index (κ1) is 69.8. The van der Waals surface area contributed by atoms with Gasteiger partial charge in [0, 0.05) is 68.0 Å². The highest BCUT2D eigenvalue weighted by Crippen LogP contribution is 2.40. The van der Waals surface area contributed by atoms with Crippen molar-refractivity contribution in [3.8, 4) is 0 Å². The normalized spacial score (nSPS) is 16.3. The summed E-state index contributed by atoms with van der Waals surface area (Å²) >= 11 is 0. The van der Waals surface area contributed by atoms with Crippen LogP contribution in [0.2, 0.25) is 0 Å². The summed E-state index contributed by atoms with van der Waals surface area (Å²) in [5, 5.41) is 40.5. The summed E-state index contributed by atoms with van der Waals surface area (Å²) in [4.78, 5) is 44.7. The maximum atomic E-state index is 13.9. The van der Waals surface area contributed by atoms with Crippen molar-refractivity contribution in [2.24, 2.45) is 5.73 Å². The summed E-state index contributed by atoms with van der Waals surface area (Å²) in [5.74, 6) is -4.40. The lowest BCUT2D eigenvalue weighted by Crippen LogP contribution is -2.53. The van der Waals surface area contributed by atoms with Crippen molar-refractivity contribution < 1.29 is 61.5 Å². The maximum absolute atomic E-state index is 13.9. The predicted molar refractivity (Wildman–Crippen MR) is 316 cm³/mol. The molecule has 0 radical (unpaired) electrons. The Bertz CT molecular complexity index is 2620. The lowest BCUT2D eigenvalue weighted by molar-refractivity contribution is -0.141. The smallest absolute Gasteiger partial charge is 0.305 e. The van der Waals surface area contributed by atoms with Crippen molar-refractivity contribution in [1.29, 1.82) is 0 Å². The molecule has 4 aromatic rings. The molecule has 8 N–H and O–H groups in total. The SMILES string of the molecule is CC(C)(C)c1cccc(C2(NC[C@@H](O)[C@@H](N)Cc3cc(F)cc(F)c3)CCCCC2)c1.COC(=O)CCCCC(=O)N[C@@H](Cc1cc(F)cc(F)c1)[C@H](O)CNC1(c2cccc(C(C)(C)C)c2)CCCCC1.COC(=O)CCCCC(=O)O. The molecule has 13 nitrogen and oxygen atoms in total. The molecule has 1 amide bonds. The van der Waals surface area contributed by atoms with Crippen LogP contribution < -0.4 is 21.7 Å². The number of nitrogens with one attached hydrogen (secondary N) is 3. The number of carbonyl (C=O) groups is 4. The second-order valence-corrected chi connectivity index (χ2v) is 24.6. The van der Waals surface area contributed by atoms with E-state index in [-0.39, 0.29) is 78.4 Å². The summed E-state index contributed by atoms with van der Waals surface area (Å²) < 4.78 is 63.8. The molecule has 83 heavy (non-hydrogen) atoms. The minimum Gasteiger partial charge on any atom is -0.481 e. The number of amides is 1. The number of carbonyl (C=O) groups excluding carboxylic acids is 3. The number of nitrogens with two attached hydrogens (primary N) is 1. The van der Waals surface area contributed by atoms with Crippen LogP contribution in [0.4, 0.5) is 17.6 Å². The van der Waals surface area contributed by atoms with E-state index in [1.807, 2.05) is 0 Å². The van der Waals surface area contributed by atoms with Crippen molar-refractivity contribution in [3.63, 3.8) is 0 Å². The highest BCUT2D eigenvalue weighted by molar-refractivity contribution is 5.76. The third-order valence-electron chi connectivity index (χ3n) is 15.9. The van der Waals surface area contributed by atoms with Gasteiger partial charge in [0.2, 0.25) is 5.91 Å². The van der Waals surface area contributed by atoms with Crippen LogP contribution in [0.25, 0.3) is 0 Å². The number of methoxy groups -OCH3 is 2. The van der Waals surface area contributed by atoms with E-state index in [1.165, 1.54) is 67.2 Å². The fourth-order valence-electron chi connectivity index (χ4n) is 10.9. The zero-order valence-electron chi connectivity index (χ0n) is 50.3. The van der Waals surface area contributed by atoms with Crippen LogP contribution >= 0.6 is 0 Å². The van der Waals surface area contributed by atoms with Gasteiger partial charge < -0.3 is 46.5 Å². The second-order valence-electron chi connectivity index (χ2n) is 24.6. The molecule has 0 heterocycles. The summed E-state index contributed by atoms with van der Waals surface area (Å²) in [7, 11) is 2.64. The van der Waals surface area contributed by atoms with Gasteiger partial charge in [-0.05, 0) is 133 Å². The third kappa shape index (κ3) is 24.1. The van der Waals surface area contributed by atoms with Gasteiger partial charge in [0.15, 0.2) is 0 Å². The van der Waals surface area contributed by atoms with Crippen LogP contribution in [-0.4, -0.2) is 90.7 Å². The molecule has 2 saturated carbocycles. The van der Waals surface area contributed by atoms with E-state index >= 15 is 0 Å². The molecule has 0 unspecified atom stereocenters. The van der Waals surface area contributed by atoms with Gasteiger partial charge >= 0.3 is 17.9 Å². The largest absolute Gasteiger partial charge is 0.481 e. The fraction of sp³-hybridized carbons (Fsp3) is 0.576. The van der Waals surface area contributed by atoms with Crippen molar-refractivity contribution in [2.45, 2.75) is 216 Å². The number of carboxylic acid groups (broad SMARTS) is 1. The number of halogens is 4. The Morgan fingerprint density at radius 3 is 1.34 bits per heavy atom. The number of aliphatic carboxylic acids is 1. The first-order valence-electron chi connectivity index (χ1n) is 29.6. The van der Waals surface area contributed by atoms with Crippen molar-refractivity contribution in [3.05, 3.63) is 142 Å². The first-order valence-corrected chi connectivity index (χ1v) is 29.6. The number of aliphatic hydroxyl groups excluding tert-OH is 2. The fourth-order valence-corrected chi connectivity index (χ4v) is 10.9. The number of aliphatic hydroxyl groups is 2. The van der Waals surface area contributed by atoms with E-state index < -0.39 is 53.5 Å². The van der Waals surface area contributed by atoms with E-state index in [0.717, 1.165) is 69.9 Å². The minimum atomic E-state index is -1.01. The van der Waals surface area contributed by atoms with Crippen molar-refractivity contribution in [2.75, 3.05) is 27.3 Å². The minimum absolute atomic E-state index is 0.00214. The molecule has 6 rings (SSSR count). The lowest BCUT2D eigenvalue weighted by Gasteiger charge is -2.41. The standard InChI is InChI=1S/C33H46F2N2O4.C26H36F2N2O.C7H12O4/c1-32(2,3)24-11-10-12-25(20-24)33(15-8-5-9-16-33)36-22-29(38)28(19-23-17-26(34)21-27(35)18-23)37-30(39)13-6-7-14-31(40)41-4;1-25(2,3)19-8-7-9-20(15-19)26(10-5-4-6-11-26)30-17-24(31)23(29)14-18-12-21(27)16-22(28)13-18;1-11-7(10)5-3-2-4-6(8)9/h10-12,17-18,20-21,28-29,36,38H,5-9,13-16,19,22H2,1-4H3,(H,37,39);7-9,12-13,15-16,23-24,30-31H,4-6,10-11,14,17,29H2,1-3H3;2-5H2,1H3,(H,8,9)/t28-,29+;23-,24+;/m00./s1. The Balaban J connectivity index is 0.000000309. The number of benzene rings is 4. The van der Waals surface area contributed by atoms with Crippen LogP contribution in [0, 0.1) is 23.3 Å². The topological polar surface area (TPSA) is 210 Å². The molecule has 17 heteroatoms. The van der Waals surface area contributed by atoms with E-state index in [9.17, 15) is 47.0 Å². The molecule has 0 spiro atoms. The number of esters is 2. The molecule has 2 fully saturated rings. The molecule has 0 bridgehead atoms. The van der Waals surface area contributed by atoms with Gasteiger partial charge in [0.05, 0.1) is 32.5 Å². The average Bonchev–Trinajstić information content (AvgIpc) is 3.05. The molecular weight excluding hydrogens is 1070 g/mol. The maximum Gasteiger partial charge on any atom is 0.305 e. The zero-order chi connectivity index (χ0) is 61.4. The summed E-state index contributed by atoms with van der Waals surface area (Å²) in [6, 6.07) is 22.6. The highest BCUT2D eigenvalue weighted by atomic mass is 19.1. The number of hydrogen-bond donors (Lipinski definition) is 7. The third-order valence-corrected chi connectivity index (χ3v) is 15.9. The van der Waals surface area contributed by atoms with E-state index in [2.05, 4.69) is 115 Å². The Morgan fingerprint density at radius 1 is 0.554 bits per heavy atom. The number of carboxylic acids is 1. The molecule has 4 aromatic carbocycles. The van der Waals surface area contributed by atoms with Gasteiger partial charge in [-0.3, -0.25) is 19.2 Å². The van der Waals surface area contributed by atoms with Crippen LogP contribution in [-0.2, 0) is 63.4 Å². The number of ether oxygens (including phenoxy) is 2. The van der Waals surface area contributed by atoms with Gasteiger partial charge in [-0.2, -0.15) is 0 Å². The van der Waals surface area contributed by atoms with E-state index in [1.54, 1.807) is 0 Å². The Kier molecular flexibility index (Phi) is 28.3. The van der Waals surface area contributed by atoms with Gasteiger partial charge in [-0.1, -0.05) is 129 Å². The highest BCUT2D eigenvalue weighted by Gasteiger charge is 2.37. The van der Waals surface area contributed by atoms with Crippen LogP contribution in [0.5, 0.6) is 0 Å². The van der Waals surface area contributed by atoms with Crippen LogP contribution in [0.15, 0.2) is 84.9 Å². The quantitative estimate of drug-likeness (QED) is 0.0188. The van der Waals surface area contributed by atoms with Crippen LogP contribution in [0.3, 0.4) is 0 Å². The van der Waals surface area contributed by atoms with E-state index in [0.29, 0.717) is 49.8 Å². The molecule has 0 aromatic heterocycles. The van der Waals surface area contributed by atoms with E-state index in [4.69, 9.17) is 10.8 Å². The van der Waals surface area contributed by atoms with Gasteiger partial charge in [0.25, 0.3) is 0 Å². The molecule has 4 atom stereocenters. The lowest BCUT2D eigenvalue weighted by atomic mass is 9.74. The predicted octanol–water partition coefficient (Wildman–Crippen LogP) is 11.6. The molecule has 2 aliphatic rings. The Morgan fingerprint density at radius 2 is 0.940 bits per heavy atom. The monoisotopic (exact) mass is 1160 g/mol. The van der Waals surface area contributed by atoms with Gasteiger partial charge in [-0.15, -0.1) is 0 Å². The van der Waals surface area contributed by atoms with Gasteiger partial charge in [-0.25, -0.2) is 17.6 Å². The summed E-state index contributed by atoms with van der Waals surface area (Å²) in [5.41, 5.74) is 11.5. The van der Waals surface area contributed by atoms with Gasteiger partial charge in [0.1, 0.15) is 23.3 Å². The van der Waals surface area contributed by atoms with Crippen molar-refractivity contribution >= 4 is 23.8 Å². The first-order chi connectivity index (χ1) is 39.2. The molecular formula is C66H94F4N4O9. The summed E-state index contributed by atoms with van der Waals surface area (Å²) in [6.45, 7) is 13.7. The van der Waals surface area contributed by atoms with Crippen molar-refractivity contribution in [1.82, 2.24) is 16.0 Å². The number of rotatable bonds is 25. The number of unbranched alkanes of at least 4 members (excludes halogenated alkanes) is 2. The molecule has 2 aliphatic carbocycles. The Hall–Kier alpha value is -5.72. The summed E-state index contributed by atoms with van der Waals surface area (Å²) in [6.07, 6.45) is 12.0. The number of hydrogen-bond acceptors (Lipinski definition) is 11. The zero-order valence-corrected chi connectivity index (χ0v) is 50.3.